The number of esters is 1. The molecule has 0 aromatic rings. The van der Waals surface area contributed by atoms with Crippen molar-refractivity contribution in [1.29, 1.82) is 0 Å². The quantitative estimate of drug-likeness (QED) is 0.405. The first-order valence-electron chi connectivity index (χ1n) is 6.27. The van der Waals surface area contributed by atoms with Crippen LogP contribution >= 0.6 is 0 Å². The molecule has 1 aliphatic rings. The maximum Gasteiger partial charge on any atom is 0.334 e. The molecule has 0 aliphatic heterocycles. The van der Waals surface area contributed by atoms with Crippen LogP contribution in [0.25, 0.3) is 0 Å². The number of hydrogen-bond acceptors (Lipinski definition) is 3. The van der Waals surface area contributed by atoms with Gasteiger partial charge in [0.25, 0.3) is 0 Å². The number of carbonyl (C=O) groups excluding carboxylic acids is 1. The third kappa shape index (κ3) is 4.63. The van der Waals surface area contributed by atoms with Crippen molar-refractivity contribution in [2.24, 2.45) is 5.92 Å². The van der Waals surface area contributed by atoms with E-state index in [1.807, 2.05) is 6.92 Å². The summed E-state index contributed by atoms with van der Waals surface area (Å²) in [7, 11) is 0. The van der Waals surface area contributed by atoms with Crippen molar-refractivity contribution in [3.63, 3.8) is 0 Å². The fourth-order valence-electron chi connectivity index (χ4n) is 1.92. The van der Waals surface area contributed by atoms with Crippen LogP contribution < -0.4 is 0 Å². The lowest BCUT2D eigenvalue weighted by molar-refractivity contribution is -0.146. The second-order valence-electron chi connectivity index (χ2n) is 4.59. The lowest BCUT2D eigenvalue weighted by Gasteiger charge is -2.23. The highest BCUT2D eigenvalue weighted by Crippen LogP contribution is 2.22. The van der Waals surface area contributed by atoms with E-state index >= 15 is 0 Å². The first kappa shape index (κ1) is 13.8. The molecule has 3 heteroatoms. The summed E-state index contributed by atoms with van der Waals surface area (Å²) in [6.45, 7) is 9.56. The first-order valence-corrected chi connectivity index (χ1v) is 6.27. The molecule has 1 rings (SSSR count). The van der Waals surface area contributed by atoms with Crippen LogP contribution in [-0.2, 0) is 14.3 Å². The van der Waals surface area contributed by atoms with Crippen molar-refractivity contribution in [3.05, 3.63) is 25.0 Å². The van der Waals surface area contributed by atoms with Crippen molar-refractivity contribution in [2.75, 3.05) is 6.61 Å². The molecule has 1 aliphatic carbocycles. The van der Waals surface area contributed by atoms with E-state index in [1.165, 1.54) is 12.7 Å². The Morgan fingerprint density at radius 1 is 1.41 bits per heavy atom. The summed E-state index contributed by atoms with van der Waals surface area (Å²) < 4.78 is 10.5. The molecular weight excluding hydrogens is 216 g/mol. The molecule has 17 heavy (non-hydrogen) atoms. The van der Waals surface area contributed by atoms with E-state index in [0.717, 1.165) is 25.7 Å². The van der Waals surface area contributed by atoms with Crippen LogP contribution in [0.5, 0.6) is 0 Å². The minimum atomic E-state index is -0.280. The number of rotatable bonds is 6. The maximum atomic E-state index is 11.8. The highest BCUT2D eigenvalue weighted by Gasteiger charge is 2.22. The van der Waals surface area contributed by atoms with E-state index in [1.54, 1.807) is 0 Å². The Morgan fingerprint density at radius 2 is 2.06 bits per heavy atom. The van der Waals surface area contributed by atoms with Crippen LogP contribution in [0.2, 0.25) is 0 Å². The van der Waals surface area contributed by atoms with Crippen molar-refractivity contribution in [2.45, 2.75) is 45.1 Å². The molecule has 0 N–H and O–H groups in total. The van der Waals surface area contributed by atoms with Gasteiger partial charge in [-0.25, -0.2) is 4.79 Å². The zero-order valence-corrected chi connectivity index (χ0v) is 10.6. The van der Waals surface area contributed by atoms with Crippen LogP contribution in [-0.4, -0.2) is 18.7 Å². The highest BCUT2D eigenvalue weighted by atomic mass is 16.5. The second-order valence-corrected chi connectivity index (χ2v) is 4.59. The van der Waals surface area contributed by atoms with E-state index in [2.05, 4.69) is 13.2 Å². The van der Waals surface area contributed by atoms with E-state index in [0.29, 0.717) is 12.2 Å². The predicted molar refractivity (Wildman–Crippen MR) is 67.4 cm³/mol. The van der Waals surface area contributed by atoms with Crippen LogP contribution in [0.15, 0.2) is 25.0 Å². The summed E-state index contributed by atoms with van der Waals surface area (Å²) in [5.74, 6) is -0.318. The van der Waals surface area contributed by atoms with Gasteiger partial charge in [-0.15, -0.1) is 0 Å². The summed E-state index contributed by atoms with van der Waals surface area (Å²) in [6.07, 6.45) is 6.97. The van der Waals surface area contributed by atoms with Gasteiger partial charge in [0, 0.05) is 11.5 Å². The number of carbonyl (C=O) groups is 1. The molecule has 0 radical (unpaired) electrons. The molecule has 1 saturated carbocycles. The molecule has 96 valence electrons. The average molecular weight is 238 g/mol. The van der Waals surface area contributed by atoms with Gasteiger partial charge in [0.15, 0.2) is 0 Å². The molecule has 0 aromatic heterocycles. The average Bonchev–Trinajstić information content (AvgIpc) is 2.36. The van der Waals surface area contributed by atoms with Gasteiger partial charge in [-0.1, -0.05) is 26.5 Å². The summed E-state index contributed by atoms with van der Waals surface area (Å²) in [5.41, 5.74) is 0.484. The Labute approximate surface area is 103 Å². The monoisotopic (exact) mass is 238 g/mol. The van der Waals surface area contributed by atoms with Gasteiger partial charge >= 0.3 is 5.97 Å². The van der Waals surface area contributed by atoms with Gasteiger partial charge in [-0.05, 0) is 25.7 Å². The van der Waals surface area contributed by atoms with Crippen molar-refractivity contribution in [3.8, 4) is 0 Å². The summed E-state index contributed by atoms with van der Waals surface area (Å²) in [5, 5.41) is 0. The van der Waals surface area contributed by atoms with Gasteiger partial charge < -0.3 is 9.47 Å². The Kier molecular flexibility index (Phi) is 5.81. The second kappa shape index (κ2) is 7.15. The van der Waals surface area contributed by atoms with Crippen molar-refractivity contribution >= 4 is 5.97 Å². The smallest absolute Gasteiger partial charge is 0.334 e. The van der Waals surface area contributed by atoms with Crippen LogP contribution in [0, 0.1) is 5.92 Å². The number of ether oxygens (including phenoxy) is 2. The molecule has 0 aromatic carbocycles. The van der Waals surface area contributed by atoms with E-state index < -0.39 is 0 Å². The van der Waals surface area contributed by atoms with Crippen LogP contribution in [0.3, 0.4) is 0 Å². The van der Waals surface area contributed by atoms with Crippen molar-refractivity contribution in [1.82, 2.24) is 0 Å². The molecule has 1 atom stereocenters. The fourth-order valence-corrected chi connectivity index (χ4v) is 1.92. The number of hydrogen-bond donors (Lipinski definition) is 0. The molecule has 0 saturated heterocycles. The fraction of sp³-hybridized carbons (Fsp3) is 0.643. The van der Waals surface area contributed by atoms with Gasteiger partial charge in [0.2, 0.25) is 0 Å². The highest BCUT2D eigenvalue weighted by molar-refractivity contribution is 5.88. The van der Waals surface area contributed by atoms with E-state index in [9.17, 15) is 4.79 Å². The molecule has 3 nitrogen and oxygen atoms in total. The van der Waals surface area contributed by atoms with Crippen LogP contribution in [0.4, 0.5) is 0 Å². The minimum Gasteiger partial charge on any atom is -0.501 e. The third-order valence-corrected chi connectivity index (χ3v) is 3.15. The lowest BCUT2D eigenvalue weighted by atomic mass is 9.97. The normalized spacial score (nSPS) is 18.2. The third-order valence-electron chi connectivity index (χ3n) is 3.15. The molecule has 0 amide bonds. The molecule has 0 heterocycles. The maximum absolute atomic E-state index is 11.8. The largest absolute Gasteiger partial charge is 0.501 e. The van der Waals surface area contributed by atoms with Crippen LogP contribution in [0.1, 0.15) is 39.0 Å². The lowest BCUT2D eigenvalue weighted by Crippen LogP contribution is -2.24. The zero-order chi connectivity index (χ0) is 12.7. The van der Waals surface area contributed by atoms with Gasteiger partial charge in [-0.3, -0.25) is 0 Å². The predicted octanol–water partition coefficient (Wildman–Crippen LogP) is 3.21. The topological polar surface area (TPSA) is 35.5 Å². The summed E-state index contributed by atoms with van der Waals surface area (Å²) in [4.78, 5) is 11.8. The van der Waals surface area contributed by atoms with E-state index in [-0.39, 0.29) is 18.0 Å². The molecule has 1 unspecified atom stereocenters. The summed E-state index contributed by atoms with van der Waals surface area (Å²) >= 11 is 0. The van der Waals surface area contributed by atoms with Gasteiger partial charge in [0.05, 0.1) is 12.9 Å². The van der Waals surface area contributed by atoms with Crippen molar-refractivity contribution < 1.29 is 14.3 Å². The van der Waals surface area contributed by atoms with Gasteiger partial charge in [-0.2, -0.15) is 0 Å². The first-order chi connectivity index (χ1) is 8.15. The molecule has 0 bridgehead atoms. The standard InChI is InChI=1S/C14H22O3/c1-4-16-10-11(2)12(3)14(15)17-13-8-6-5-7-9-13/h4,11,13H,1,3,5-10H2,2H3. The SMILES string of the molecule is C=COCC(C)C(=C)C(=O)OC1CCCCC1. The van der Waals surface area contributed by atoms with Gasteiger partial charge in [0.1, 0.15) is 6.10 Å². The Balaban J connectivity index is 2.34. The Bertz CT molecular complexity index is 277. The molecule has 0 spiro atoms. The Hall–Kier alpha value is -1.25. The molecular formula is C14H22O3. The molecule has 1 fully saturated rings. The Morgan fingerprint density at radius 3 is 2.65 bits per heavy atom. The minimum absolute atomic E-state index is 0.0379. The zero-order valence-electron chi connectivity index (χ0n) is 10.6. The van der Waals surface area contributed by atoms with E-state index in [4.69, 9.17) is 9.47 Å². The summed E-state index contributed by atoms with van der Waals surface area (Å²) in [6, 6.07) is 0.